The number of nitrogens with zero attached hydrogens (tertiary/aromatic N) is 3. The van der Waals surface area contributed by atoms with Crippen molar-refractivity contribution in [2.45, 2.75) is 32.1 Å². The van der Waals surface area contributed by atoms with Crippen LogP contribution >= 0.6 is 11.3 Å². The third-order valence-corrected chi connectivity index (χ3v) is 5.84. The number of halogens is 1. The standard InChI is InChI=1S/C18H14FN3OS/c1-10-5-6-14-17(10)24-18-21-13(8-15(23)22(14)18)7-11-3-2-4-12(9-20)16(11)19/h2-4,8,10H,5-7H2,1H3. The molecule has 0 spiro atoms. The number of fused-ring (bicyclic) bond motifs is 3. The van der Waals surface area contributed by atoms with Crippen LogP contribution in [0.15, 0.2) is 29.1 Å². The molecule has 0 bridgehead atoms. The van der Waals surface area contributed by atoms with E-state index in [4.69, 9.17) is 5.26 Å². The summed E-state index contributed by atoms with van der Waals surface area (Å²) in [5, 5.41) is 8.93. The van der Waals surface area contributed by atoms with Gasteiger partial charge in [0.1, 0.15) is 11.9 Å². The second-order valence-corrected chi connectivity index (χ2v) is 7.13. The maximum Gasteiger partial charge on any atom is 0.258 e. The minimum atomic E-state index is -0.538. The largest absolute Gasteiger partial charge is 0.269 e. The fourth-order valence-electron chi connectivity index (χ4n) is 3.28. The van der Waals surface area contributed by atoms with Gasteiger partial charge in [-0.15, -0.1) is 11.3 Å². The molecule has 3 aromatic rings. The summed E-state index contributed by atoms with van der Waals surface area (Å²) in [4.78, 5) is 19.0. The Hall–Kier alpha value is -2.52. The van der Waals surface area contributed by atoms with Gasteiger partial charge in [0.2, 0.25) is 0 Å². The van der Waals surface area contributed by atoms with Crippen LogP contribution in [0.4, 0.5) is 4.39 Å². The lowest BCUT2D eigenvalue weighted by molar-refractivity contribution is 0.609. The molecular weight excluding hydrogens is 325 g/mol. The Balaban J connectivity index is 1.80. The van der Waals surface area contributed by atoms with Crippen LogP contribution in [0.3, 0.4) is 0 Å². The van der Waals surface area contributed by atoms with E-state index in [1.165, 1.54) is 17.0 Å². The van der Waals surface area contributed by atoms with Gasteiger partial charge in [0.25, 0.3) is 5.56 Å². The summed E-state index contributed by atoms with van der Waals surface area (Å²) < 4.78 is 15.9. The van der Waals surface area contributed by atoms with E-state index in [9.17, 15) is 9.18 Å². The first kappa shape index (κ1) is 15.0. The molecule has 0 fully saturated rings. The maximum atomic E-state index is 14.2. The topological polar surface area (TPSA) is 58.2 Å². The molecule has 0 aliphatic heterocycles. The first-order valence-electron chi connectivity index (χ1n) is 7.80. The molecule has 0 saturated carbocycles. The number of rotatable bonds is 2. The van der Waals surface area contributed by atoms with Crippen LogP contribution < -0.4 is 5.56 Å². The summed E-state index contributed by atoms with van der Waals surface area (Å²) in [7, 11) is 0. The van der Waals surface area contributed by atoms with Crippen molar-refractivity contribution in [1.29, 1.82) is 5.26 Å². The Morgan fingerprint density at radius 2 is 2.33 bits per heavy atom. The van der Waals surface area contributed by atoms with Gasteiger partial charge in [0.15, 0.2) is 4.96 Å². The van der Waals surface area contributed by atoms with Crippen molar-refractivity contribution in [3.8, 4) is 6.07 Å². The highest BCUT2D eigenvalue weighted by Gasteiger charge is 2.25. The van der Waals surface area contributed by atoms with Gasteiger partial charge in [-0.05, 0) is 30.4 Å². The summed E-state index contributed by atoms with van der Waals surface area (Å²) in [6.45, 7) is 2.16. The average Bonchev–Trinajstić information content (AvgIpc) is 3.09. The number of benzene rings is 1. The normalized spacial score (nSPS) is 16.3. The van der Waals surface area contributed by atoms with Crippen molar-refractivity contribution >= 4 is 16.3 Å². The Labute approximate surface area is 141 Å². The van der Waals surface area contributed by atoms with Crippen molar-refractivity contribution in [3.05, 3.63) is 67.8 Å². The molecule has 4 rings (SSSR count). The highest BCUT2D eigenvalue weighted by atomic mass is 32.1. The van der Waals surface area contributed by atoms with Crippen molar-refractivity contribution in [1.82, 2.24) is 9.38 Å². The van der Waals surface area contributed by atoms with E-state index in [1.807, 2.05) is 6.07 Å². The highest BCUT2D eigenvalue weighted by Crippen LogP contribution is 2.37. The lowest BCUT2D eigenvalue weighted by Crippen LogP contribution is -2.16. The monoisotopic (exact) mass is 339 g/mol. The maximum absolute atomic E-state index is 14.2. The zero-order valence-electron chi connectivity index (χ0n) is 13.0. The molecule has 0 saturated heterocycles. The van der Waals surface area contributed by atoms with E-state index in [1.54, 1.807) is 27.9 Å². The second kappa shape index (κ2) is 5.53. The van der Waals surface area contributed by atoms with E-state index in [0.29, 0.717) is 22.1 Å². The average molecular weight is 339 g/mol. The van der Waals surface area contributed by atoms with E-state index in [-0.39, 0.29) is 17.5 Å². The molecule has 4 nitrogen and oxygen atoms in total. The predicted octanol–water partition coefficient (Wildman–Crippen LogP) is 3.41. The van der Waals surface area contributed by atoms with E-state index in [2.05, 4.69) is 11.9 Å². The van der Waals surface area contributed by atoms with Gasteiger partial charge < -0.3 is 0 Å². The molecule has 2 heterocycles. The highest BCUT2D eigenvalue weighted by molar-refractivity contribution is 7.17. The van der Waals surface area contributed by atoms with Crippen molar-refractivity contribution < 1.29 is 4.39 Å². The van der Waals surface area contributed by atoms with Gasteiger partial charge in [-0.25, -0.2) is 9.37 Å². The zero-order chi connectivity index (χ0) is 16.8. The Bertz CT molecular complexity index is 1060. The predicted molar refractivity (Wildman–Crippen MR) is 90.0 cm³/mol. The number of aryl methyl sites for hydroxylation is 1. The van der Waals surface area contributed by atoms with Crippen LogP contribution in [0.25, 0.3) is 4.96 Å². The quantitative estimate of drug-likeness (QED) is 0.719. The molecular formula is C18H14FN3OS. The van der Waals surface area contributed by atoms with Crippen LogP contribution in [0.2, 0.25) is 0 Å². The van der Waals surface area contributed by atoms with Crippen LogP contribution in [0.5, 0.6) is 0 Å². The summed E-state index contributed by atoms with van der Waals surface area (Å²) in [5.41, 5.74) is 1.88. The molecule has 1 aliphatic rings. The van der Waals surface area contributed by atoms with Gasteiger partial charge in [-0.3, -0.25) is 9.20 Å². The fourth-order valence-corrected chi connectivity index (χ4v) is 4.56. The SMILES string of the molecule is CC1CCc2c1sc1nc(Cc3cccc(C#N)c3F)cc(=O)n21. The van der Waals surface area contributed by atoms with Crippen LogP contribution in [-0.2, 0) is 12.8 Å². The molecule has 0 N–H and O–H groups in total. The lowest BCUT2D eigenvalue weighted by Gasteiger charge is -2.05. The minimum Gasteiger partial charge on any atom is -0.269 e. The van der Waals surface area contributed by atoms with Crippen LogP contribution in [0.1, 0.15) is 46.7 Å². The van der Waals surface area contributed by atoms with E-state index < -0.39 is 5.82 Å². The van der Waals surface area contributed by atoms with Gasteiger partial charge in [-0.1, -0.05) is 19.1 Å². The number of hydrogen-bond donors (Lipinski definition) is 0. The van der Waals surface area contributed by atoms with Crippen molar-refractivity contribution in [2.75, 3.05) is 0 Å². The molecule has 120 valence electrons. The molecule has 1 atom stereocenters. The molecule has 6 heteroatoms. The van der Waals surface area contributed by atoms with Crippen LogP contribution in [-0.4, -0.2) is 9.38 Å². The number of aromatic nitrogens is 2. The van der Waals surface area contributed by atoms with E-state index in [0.717, 1.165) is 18.5 Å². The van der Waals surface area contributed by atoms with Crippen molar-refractivity contribution in [2.24, 2.45) is 0 Å². The molecule has 1 aliphatic carbocycles. The first-order valence-corrected chi connectivity index (χ1v) is 8.62. The minimum absolute atomic E-state index is 0.00854. The van der Waals surface area contributed by atoms with Gasteiger partial charge in [0, 0.05) is 23.1 Å². The summed E-state index contributed by atoms with van der Waals surface area (Å²) in [6.07, 6.45) is 2.17. The zero-order valence-corrected chi connectivity index (χ0v) is 13.9. The summed E-state index contributed by atoms with van der Waals surface area (Å²) in [5.74, 6) is -0.0800. The fraction of sp³-hybridized carbons (Fsp3) is 0.278. The van der Waals surface area contributed by atoms with Crippen LogP contribution in [0, 0.1) is 17.1 Å². The molecule has 2 aromatic heterocycles. The molecule has 1 unspecified atom stereocenters. The molecule has 0 amide bonds. The smallest absolute Gasteiger partial charge is 0.258 e. The number of hydrogen-bond acceptors (Lipinski definition) is 4. The van der Waals surface area contributed by atoms with E-state index >= 15 is 0 Å². The molecule has 0 radical (unpaired) electrons. The lowest BCUT2D eigenvalue weighted by atomic mass is 10.1. The van der Waals surface area contributed by atoms with Gasteiger partial charge >= 0.3 is 0 Å². The third kappa shape index (κ3) is 2.24. The number of nitriles is 1. The first-order chi connectivity index (χ1) is 11.6. The van der Waals surface area contributed by atoms with Crippen molar-refractivity contribution in [3.63, 3.8) is 0 Å². The summed E-state index contributed by atoms with van der Waals surface area (Å²) in [6, 6.07) is 8.01. The molecule has 1 aromatic carbocycles. The second-order valence-electron chi connectivity index (χ2n) is 6.12. The van der Waals surface area contributed by atoms with Gasteiger partial charge in [-0.2, -0.15) is 5.26 Å². The Morgan fingerprint density at radius 1 is 1.50 bits per heavy atom. The summed E-state index contributed by atoms with van der Waals surface area (Å²) >= 11 is 1.55. The Kier molecular flexibility index (Phi) is 3.47. The number of thiazole rings is 1. The molecule has 24 heavy (non-hydrogen) atoms. The Morgan fingerprint density at radius 3 is 3.12 bits per heavy atom. The van der Waals surface area contributed by atoms with Gasteiger partial charge in [0.05, 0.1) is 11.3 Å². The third-order valence-electron chi connectivity index (χ3n) is 4.53.